The van der Waals surface area contributed by atoms with Crippen molar-refractivity contribution in [2.45, 2.75) is 37.5 Å². The SMILES string of the molecule is CSC(C)CNCc1cnc(C2CC2)s1. The Labute approximate surface area is 99.9 Å². The molecule has 4 heteroatoms. The molecule has 0 amide bonds. The molecule has 1 N–H and O–H groups in total. The Bertz CT molecular complexity index is 307. The third kappa shape index (κ3) is 3.47. The second kappa shape index (κ2) is 5.32. The number of hydrogen-bond donors (Lipinski definition) is 1. The Morgan fingerprint density at radius 1 is 1.67 bits per heavy atom. The van der Waals surface area contributed by atoms with Gasteiger partial charge < -0.3 is 5.32 Å². The van der Waals surface area contributed by atoms with Gasteiger partial charge in [0, 0.05) is 35.3 Å². The summed E-state index contributed by atoms with van der Waals surface area (Å²) in [5.41, 5.74) is 0. The molecule has 0 spiro atoms. The maximum absolute atomic E-state index is 4.47. The number of hydrogen-bond acceptors (Lipinski definition) is 4. The molecule has 84 valence electrons. The van der Waals surface area contributed by atoms with E-state index >= 15 is 0 Å². The van der Waals surface area contributed by atoms with Gasteiger partial charge in [0.2, 0.25) is 0 Å². The van der Waals surface area contributed by atoms with Crippen LogP contribution in [0.25, 0.3) is 0 Å². The number of nitrogens with zero attached hydrogens (tertiary/aromatic N) is 1. The first-order valence-electron chi connectivity index (χ1n) is 5.47. The molecule has 1 atom stereocenters. The summed E-state index contributed by atoms with van der Waals surface area (Å²) in [5.74, 6) is 0.800. The largest absolute Gasteiger partial charge is 0.311 e. The van der Waals surface area contributed by atoms with Crippen LogP contribution in [-0.2, 0) is 6.54 Å². The third-order valence-electron chi connectivity index (χ3n) is 2.63. The van der Waals surface area contributed by atoms with Gasteiger partial charge >= 0.3 is 0 Å². The van der Waals surface area contributed by atoms with Crippen molar-refractivity contribution in [3.8, 4) is 0 Å². The number of aromatic nitrogens is 1. The summed E-state index contributed by atoms with van der Waals surface area (Å²) in [4.78, 5) is 5.85. The highest BCUT2D eigenvalue weighted by molar-refractivity contribution is 7.99. The van der Waals surface area contributed by atoms with Gasteiger partial charge in [-0.15, -0.1) is 11.3 Å². The lowest BCUT2D eigenvalue weighted by molar-refractivity contribution is 0.690. The van der Waals surface area contributed by atoms with E-state index in [9.17, 15) is 0 Å². The Morgan fingerprint density at radius 3 is 3.13 bits per heavy atom. The van der Waals surface area contributed by atoms with Gasteiger partial charge in [-0.3, -0.25) is 0 Å². The summed E-state index contributed by atoms with van der Waals surface area (Å²) in [6.45, 7) is 4.31. The van der Waals surface area contributed by atoms with Crippen LogP contribution in [0.15, 0.2) is 6.20 Å². The highest BCUT2D eigenvalue weighted by atomic mass is 32.2. The molecule has 1 heterocycles. The molecule has 2 nitrogen and oxygen atoms in total. The topological polar surface area (TPSA) is 24.9 Å². The molecule has 1 fully saturated rings. The van der Waals surface area contributed by atoms with E-state index in [0.717, 1.165) is 19.0 Å². The van der Waals surface area contributed by atoms with Crippen molar-refractivity contribution < 1.29 is 0 Å². The molecular formula is C11H18N2S2. The van der Waals surface area contributed by atoms with Crippen molar-refractivity contribution in [1.29, 1.82) is 0 Å². The number of thiazole rings is 1. The monoisotopic (exact) mass is 242 g/mol. The molecule has 1 saturated carbocycles. The van der Waals surface area contributed by atoms with Gasteiger partial charge in [0.15, 0.2) is 0 Å². The molecule has 0 saturated heterocycles. The fourth-order valence-electron chi connectivity index (χ4n) is 1.41. The van der Waals surface area contributed by atoms with Crippen molar-refractivity contribution in [3.63, 3.8) is 0 Å². The van der Waals surface area contributed by atoms with E-state index in [1.165, 1.54) is 22.7 Å². The molecule has 0 aliphatic heterocycles. The van der Waals surface area contributed by atoms with Gasteiger partial charge in [0.25, 0.3) is 0 Å². The Hall–Kier alpha value is -0.0600. The maximum Gasteiger partial charge on any atom is 0.0959 e. The highest BCUT2D eigenvalue weighted by Crippen LogP contribution is 2.41. The lowest BCUT2D eigenvalue weighted by Crippen LogP contribution is -2.21. The summed E-state index contributed by atoms with van der Waals surface area (Å²) >= 11 is 3.79. The molecule has 0 bridgehead atoms. The second-order valence-corrected chi connectivity index (χ2v) is 6.54. The molecular weight excluding hydrogens is 224 g/mol. The predicted molar refractivity (Wildman–Crippen MR) is 68.8 cm³/mol. The molecule has 0 aromatic carbocycles. The highest BCUT2D eigenvalue weighted by Gasteiger charge is 2.26. The summed E-state index contributed by atoms with van der Waals surface area (Å²) in [6, 6.07) is 0. The van der Waals surface area contributed by atoms with Crippen molar-refractivity contribution >= 4 is 23.1 Å². The Balaban J connectivity index is 1.73. The molecule has 0 radical (unpaired) electrons. The zero-order chi connectivity index (χ0) is 10.7. The number of thioether (sulfide) groups is 1. The van der Waals surface area contributed by atoms with Crippen LogP contribution >= 0.6 is 23.1 Å². The van der Waals surface area contributed by atoms with E-state index < -0.39 is 0 Å². The average molecular weight is 242 g/mol. The molecule has 1 unspecified atom stereocenters. The maximum atomic E-state index is 4.47. The smallest absolute Gasteiger partial charge is 0.0959 e. The van der Waals surface area contributed by atoms with E-state index in [2.05, 4.69) is 23.5 Å². The number of nitrogens with one attached hydrogen (secondary N) is 1. The van der Waals surface area contributed by atoms with Crippen molar-refractivity contribution in [2.24, 2.45) is 0 Å². The van der Waals surface area contributed by atoms with E-state index in [1.54, 1.807) is 0 Å². The number of rotatable bonds is 6. The molecule has 15 heavy (non-hydrogen) atoms. The standard InChI is InChI=1S/C11H18N2S2/c1-8(14-2)5-12-6-10-7-13-11(15-10)9-3-4-9/h7-9,12H,3-6H2,1-2H3. The van der Waals surface area contributed by atoms with Crippen LogP contribution < -0.4 is 5.32 Å². The summed E-state index contributed by atoms with van der Waals surface area (Å²) in [7, 11) is 0. The minimum absolute atomic E-state index is 0.695. The van der Waals surface area contributed by atoms with Crippen molar-refractivity contribution in [1.82, 2.24) is 10.3 Å². The molecule has 1 aliphatic rings. The first-order valence-corrected chi connectivity index (χ1v) is 7.58. The first-order chi connectivity index (χ1) is 7.29. The van der Waals surface area contributed by atoms with E-state index in [-0.39, 0.29) is 0 Å². The molecule has 2 rings (SSSR count). The zero-order valence-corrected chi connectivity index (χ0v) is 11.0. The Kier molecular flexibility index (Phi) is 4.05. The van der Waals surface area contributed by atoms with Crippen LogP contribution in [0, 0.1) is 0 Å². The van der Waals surface area contributed by atoms with Gasteiger partial charge in [0.1, 0.15) is 0 Å². The van der Waals surface area contributed by atoms with Crippen LogP contribution in [0.2, 0.25) is 0 Å². The minimum Gasteiger partial charge on any atom is -0.311 e. The summed E-state index contributed by atoms with van der Waals surface area (Å²) in [5, 5.41) is 5.52. The average Bonchev–Trinajstić information content (AvgIpc) is 2.99. The summed E-state index contributed by atoms with van der Waals surface area (Å²) in [6.07, 6.45) is 6.90. The van der Waals surface area contributed by atoms with Gasteiger partial charge in [-0.25, -0.2) is 4.98 Å². The van der Waals surface area contributed by atoms with Crippen molar-refractivity contribution in [3.05, 3.63) is 16.1 Å². The summed E-state index contributed by atoms with van der Waals surface area (Å²) < 4.78 is 0. The van der Waals surface area contributed by atoms with E-state index in [1.807, 2.05) is 29.3 Å². The quantitative estimate of drug-likeness (QED) is 0.830. The van der Waals surface area contributed by atoms with E-state index in [0.29, 0.717) is 5.25 Å². The van der Waals surface area contributed by atoms with Crippen LogP contribution in [0.4, 0.5) is 0 Å². The van der Waals surface area contributed by atoms with Crippen molar-refractivity contribution in [2.75, 3.05) is 12.8 Å². The van der Waals surface area contributed by atoms with Crippen LogP contribution in [-0.4, -0.2) is 23.0 Å². The third-order valence-corrected chi connectivity index (χ3v) is 4.76. The van der Waals surface area contributed by atoms with Crippen LogP contribution in [0.5, 0.6) is 0 Å². The minimum atomic E-state index is 0.695. The molecule has 1 aromatic rings. The van der Waals surface area contributed by atoms with Crippen LogP contribution in [0.3, 0.4) is 0 Å². The van der Waals surface area contributed by atoms with Gasteiger partial charge in [-0.05, 0) is 19.1 Å². The first kappa shape index (κ1) is 11.4. The van der Waals surface area contributed by atoms with Crippen LogP contribution in [0.1, 0.15) is 35.6 Å². The van der Waals surface area contributed by atoms with E-state index in [4.69, 9.17) is 0 Å². The Morgan fingerprint density at radius 2 is 2.47 bits per heavy atom. The second-order valence-electron chi connectivity index (χ2n) is 4.12. The molecule has 1 aromatic heterocycles. The normalized spacial score (nSPS) is 18.0. The fourth-order valence-corrected chi connectivity index (χ4v) is 2.75. The lowest BCUT2D eigenvalue weighted by atomic mass is 10.4. The molecule has 1 aliphatic carbocycles. The lowest BCUT2D eigenvalue weighted by Gasteiger charge is -2.07. The fraction of sp³-hybridized carbons (Fsp3) is 0.727. The van der Waals surface area contributed by atoms with Gasteiger partial charge in [-0.1, -0.05) is 6.92 Å². The van der Waals surface area contributed by atoms with Gasteiger partial charge in [-0.2, -0.15) is 11.8 Å². The predicted octanol–water partition coefficient (Wildman–Crippen LogP) is 2.86. The van der Waals surface area contributed by atoms with Gasteiger partial charge in [0.05, 0.1) is 5.01 Å². The zero-order valence-electron chi connectivity index (χ0n) is 9.32.